The Morgan fingerprint density at radius 3 is 2.50 bits per heavy atom. The smallest absolute Gasteiger partial charge is 0.0332 e. The molecule has 0 aliphatic carbocycles. The van der Waals surface area contributed by atoms with Crippen molar-refractivity contribution >= 4 is 0 Å². The first-order chi connectivity index (χ1) is 6.57. The summed E-state index contributed by atoms with van der Waals surface area (Å²) in [6.07, 6.45) is 1.29. The predicted octanol–water partition coefficient (Wildman–Crippen LogP) is 3.02. The van der Waals surface area contributed by atoms with Crippen LogP contribution in [0.4, 0.5) is 0 Å². The highest BCUT2D eigenvalue weighted by Gasteiger charge is 2.20. The highest BCUT2D eigenvalue weighted by Crippen LogP contribution is 2.28. The molecule has 0 amide bonds. The lowest BCUT2D eigenvalue weighted by Crippen LogP contribution is -2.35. The summed E-state index contributed by atoms with van der Waals surface area (Å²) < 4.78 is 0. The molecule has 0 radical (unpaired) electrons. The van der Waals surface area contributed by atoms with E-state index >= 15 is 0 Å². The van der Waals surface area contributed by atoms with E-state index in [0.29, 0.717) is 6.04 Å². The van der Waals surface area contributed by atoms with E-state index in [1.807, 2.05) is 0 Å². The van der Waals surface area contributed by atoms with Gasteiger partial charge in [-0.05, 0) is 29.5 Å². The molecule has 1 heterocycles. The molecule has 0 bridgehead atoms. The molecule has 0 aromatic heterocycles. The van der Waals surface area contributed by atoms with Crippen molar-refractivity contribution in [2.24, 2.45) is 0 Å². The van der Waals surface area contributed by atoms with Crippen LogP contribution in [0.2, 0.25) is 0 Å². The minimum absolute atomic E-state index is 0.264. The minimum Gasteiger partial charge on any atom is -0.310 e. The van der Waals surface area contributed by atoms with Crippen molar-refractivity contribution in [3.05, 3.63) is 35.4 Å². The number of hydrogen-bond acceptors (Lipinski definition) is 1. The summed E-state index contributed by atoms with van der Waals surface area (Å²) in [6.45, 7) is 7.96. The van der Waals surface area contributed by atoms with Gasteiger partial charge in [-0.1, -0.05) is 45.0 Å². The molecule has 2 rings (SSSR count). The first-order valence-electron chi connectivity index (χ1n) is 5.41. The third-order valence-electron chi connectivity index (χ3n) is 2.98. The van der Waals surface area contributed by atoms with E-state index in [2.05, 4.69) is 50.4 Å². The van der Waals surface area contributed by atoms with Gasteiger partial charge in [0.2, 0.25) is 0 Å². The summed E-state index contributed by atoms with van der Waals surface area (Å²) in [5.41, 5.74) is 3.15. The average Bonchev–Trinajstić information content (AvgIpc) is 2.00. The first kappa shape index (κ1) is 9.72. The van der Waals surface area contributed by atoms with Crippen molar-refractivity contribution in [3.8, 4) is 0 Å². The molecule has 1 fully saturated rings. The van der Waals surface area contributed by atoms with Gasteiger partial charge >= 0.3 is 0 Å². The Morgan fingerprint density at radius 1 is 1.29 bits per heavy atom. The molecule has 1 aliphatic rings. The molecule has 0 saturated carbocycles. The fourth-order valence-corrected chi connectivity index (χ4v) is 1.80. The normalized spacial score (nSPS) is 21.8. The Hall–Kier alpha value is -0.820. The zero-order chi connectivity index (χ0) is 10.2. The Kier molecular flexibility index (Phi) is 2.36. The standard InChI is InChI=1S/C13H19N/c1-13(2,3)11-6-4-5-10(9-11)12-7-8-14-12/h4-6,9,12,14H,7-8H2,1-3H3/t12-/m0/s1. The van der Waals surface area contributed by atoms with E-state index in [1.54, 1.807) is 0 Å². The van der Waals surface area contributed by atoms with Crippen molar-refractivity contribution in [3.63, 3.8) is 0 Å². The second kappa shape index (κ2) is 3.39. The average molecular weight is 189 g/mol. The number of rotatable bonds is 1. The molecule has 0 unspecified atom stereocenters. The zero-order valence-corrected chi connectivity index (χ0v) is 9.30. The summed E-state index contributed by atoms with van der Waals surface area (Å²) in [4.78, 5) is 0. The summed E-state index contributed by atoms with van der Waals surface area (Å²) in [5, 5.41) is 3.44. The highest BCUT2D eigenvalue weighted by atomic mass is 15.0. The topological polar surface area (TPSA) is 12.0 Å². The highest BCUT2D eigenvalue weighted by molar-refractivity contribution is 5.31. The SMILES string of the molecule is CC(C)(C)c1cccc([C@@H]2CCN2)c1. The third kappa shape index (κ3) is 1.83. The summed E-state index contributed by atoms with van der Waals surface area (Å²) in [5.74, 6) is 0. The van der Waals surface area contributed by atoms with Crippen LogP contribution in [0.15, 0.2) is 24.3 Å². The van der Waals surface area contributed by atoms with Gasteiger partial charge < -0.3 is 5.32 Å². The number of hydrogen-bond donors (Lipinski definition) is 1. The second-order valence-electron chi connectivity index (χ2n) is 5.17. The zero-order valence-electron chi connectivity index (χ0n) is 9.30. The fraction of sp³-hybridized carbons (Fsp3) is 0.538. The van der Waals surface area contributed by atoms with Crippen molar-refractivity contribution in [2.75, 3.05) is 6.54 Å². The molecule has 14 heavy (non-hydrogen) atoms. The lowest BCUT2D eigenvalue weighted by atomic mass is 9.84. The summed E-state index contributed by atoms with van der Waals surface area (Å²) in [7, 11) is 0. The van der Waals surface area contributed by atoms with E-state index in [0.717, 1.165) is 0 Å². The molecule has 76 valence electrons. The summed E-state index contributed by atoms with van der Waals surface area (Å²) in [6, 6.07) is 9.58. The molecule has 1 atom stereocenters. The van der Waals surface area contributed by atoms with Crippen molar-refractivity contribution < 1.29 is 0 Å². The van der Waals surface area contributed by atoms with Gasteiger partial charge in [0.1, 0.15) is 0 Å². The van der Waals surface area contributed by atoms with Crippen LogP contribution < -0.4 is 5.32 Å². The van der Waals surface area contributed by atoms with Crippen LogP contribution in [-0.4, -0.2) is 6.54 Å². The molecule has 1 saturated heterocycles. The fourth-order valence-electron chi connectivity index (χ4n) is 1.80. The molecule has 1 aromatic rings. The van der Waals surface area contributed by atoms with Crippen LogP contribution in [0.25, 0.3) is 0 Å². The van der Waals surface area contributed by atoms with Crippen molar-refractivity contribution in [2.45, 2.75) is 38.6 Å². The minimum atomic E-state index is 0.264. The van der Waals surface area contributed by atoms with Gasteiger partial charge in [-0.25, -0.2) is 0 Å². The predicted molar refractivity (Wildman–Crippen MR) is 60.5 cm³/mol. The van der Waals surface area contributed by atoms with Crippen LogP contribution in [0.5, 0.6) is 0 Å². The van der Waals surface area contributed by atoms with Gasteiger partial charge in [-0.2, -0.15) is 0 Å². The van der Waals surface area contributed by atoms with Gasteiger partial charge in [0, 0.05) is 6.04 Å². The molecular formula is C13H19N. The molecule has 0 spiro atoms. The first-order valence-corrected chi connectivity index (χ1v) is 5.41. The van der Waals surface area contributed by atoms with Gasteiger partial charge in [0.15, 0.2) is 0 Å². The largest absolute Gasteiger partial charge is 0.310 e. The Morgan fingerprint density at radius 2 is 2.00 bits per heavy atom. The lowest BCUT2D eigenvalue weighted by Gasteiger charge is -2.29. The van der Waals surface area contributed by atoms with Gasteiger partial charge in [-0.15, -0.1) is 0 Å². The molecular weight excluding hydrogens is 170 g/mol. The lowest BCUT2D eigenvalue weighted by molar-refractivity contribution is 0.382. The van der Waals surface area contributed by atoms with Crippen molar-refractivity contribution in [1.29, 1.82) is 0 Å². The monoisotopic (exact) mass is 189 g/mol. The maximum atomic E-state index is 3.44. The maximum absolute atomic E-state index is 3.44. The van der Waals surface area contributed by atoms with E-state index < -0.39 is 0 Å². The Labute approximate surface area is 86.5 Å². The van der Waals surface area contributed by atoms with Crippen LogP contribution in [0, 0.1) is 0 Å². The van der Waals surface area contributed by atoms with Crippen molar-refractivity contribution in [1.82, 2.24) is 5.32 Å². The van der Waals surface area contributed by atoms with Crippen LogP contribution in [-0.2, 0) is 5.41 Å². The van der Waals surface area contributed by atoms with E-state index in [-0.39, 0.29) is 5.41 Å². The number of nitrogens with one attached hydrogen (secondary N) is 1. The second-order valence-corrected chi connectivity index (χ2v) is 5.17. The Balaban J connectivity index is 2.26. The van der Waals surface area contributed by atoms with Crippen LogP contribution >= 0.6 is 0 Å². The molecule has 1 aromatic carbocycles. The van der Waals surface area contributed by atoms with E-state index in [4.69, 9.17) is 0 Å². The quantitative estimate of drug-likeness (QED) is 0.716. The molecule has 1 heteroatoms. The van der Waals surface area contributed by atoms with Crippen LogP contribution in [0.1, 0.15) is 44.4 Å². The summed E-state index contributed by atoms with van der Waals surface area (Å²) >= 11 is 0. The third-order valence-corrected chi connectivity index (χ3v) is 2.98. The Bertz CT molecular complexity index is 318. The molecule has 1 aliphatic heterocycles. The van der Waals surface area contributed by atoms with E-state index in [1.165, 1.54) is 24.1 Å². The van der Waals surface area contributed by atoms with Crippen LogP contribution in [0.3, 0.4) is 0 Å². The molecule has 1 nitrogen and oxygen atoms in total. The number of benzene rings is 1. The maximum Gasteiger partial charge on any atom is 0.0332 e. The van der Waals surface area contributed by atoms with E-state index in [9.17, 15) is 0 Å². The van der Waals surface area contributed by atoms with Gasteiger partial charge in [0.05, 0.1) is 0 Å². The molecule has 1 N–H and O–H groups in total. The van der Waals surface area contributed by atoms with Gasteiger partial charge in [-0.3, -0.25) is 0 Å². The van der Waals surface area contributed by atoms with Gasteiger partial charge in [0.25, 0.3) is 0 Å².